The molecule has 0 aliphatic rings. The van der Waals surface area contributed by atoms with Crippen molar-refractivity contribution >= 4 is 17.9 Å². The summed E-state index contributed by atoms with van der Waals surface area (Å²) in [5.74, 6) is -11.9. The monoisotopic (exact) mass is 330 g/mol. The average Bonchev–Trinajstić information content (AvgIpc) is 2.54. The van der Waals surface area contributed by atoms with E-state index < -0.39 is 40.6 Å². The van der Waals surface area contributed by atoms with Gasteiger partial charge in [0.1, 0.15) is 0 Å². The number of anilines is 1. The molecule has 0 aliphatic heterocycles. The molecule has 2 aromatic carbocycles. The number of benzene rings is 2. The summed E-state index contributed by atoms with van der Waals surface area (Å²) in [5.41, 5.74) is 0.699. The molecule has 2 aromatic rings. The van der Waals surface area contributed by atoms with E-state index in [-0.39, 0.29) is 11.3 Å². The van der Waals surface area contributed by atoms with Crippen molar-refractivity contribution in [1.29, 1.82) is 0 Å². The first-order chi connectivity index (χ1) is 10.8. The number of carbonyl (C=O) groups is 1. The van der Waals surface area contributed by atoms with Crippen molar-refractivity contribution in [3.63, 3.8) is 0 Å². The predicted octanol–water partition coefficient (Wildman–Crippen LogP) is 3.53. The summed E-state index contributed by atoms with van der Waals surface area (Å²) in [6, 6.07) is 5.43. The Kier molecular flexibility index (Phi) is 4.58. The lowest BCUT2D eigenvalue weighted by atomic mass is 10.2. The lowest BCUT2D eigenvalue weighted by Gasteiger charge is -2.06. The summed E-state index contributed by atoms with van der Waals surface area (Å²) in [6.45, 7) is 0. The van der Waals surface area contributed by atoms with Crippen molar-refractivity contribution in [2.75, 3.05) is 5.43 Å². The van der Waals surface area contributed by atoms with Crippen LogP contribution in [0.2, 0.25) is 0 Å². The molecule has 0 saturated carbocycles. The van der Waals surface area contributed by atoms with Crippen LogP contribution in [0.3, 0.4) is 0 Å². The summed E-state index contributed by atoms with van der Waals surface area (Å²) in [7, 11) is 0. The molecule has 2 rings (SSSR count). The molecule has 0 amide bonds. The quantitative estimate of drug-likeness (QED) is 0.296. The lowest BCUT2D eigenvalue weighted by molar-refractivity contribution is 0.0698. The Morgan fingerprint density at radius 2 is 1.48 bits per heavy atom. The van der Waals surface area contributed by atoms with Crippen molar-refractivity contribution in [3.05, 3.63) is 64.5 Å². The molecule has 0 aliphatic carbocycles. The molecule has 2 N–H and O–H groups in total. The van der Waals surface area contributed by atoms with Gasteiger partial charge in [-0.1, -0.05) is 12.1 Å². The van der Waals surface area contributed by atoms with Gasteiger partial charge in [-0.25, -0.2) is 26.7 Å². The standard InChI is InChI=1S/C14H7F5N2O2/c15-9-7(10(16)12(18)13(19)11(9)17)5-20-21-8-4-2-1-3-6(8)14(22)23/h1-5,21H,(H,22,23)/b20-5+. The molecule has 0 atom stereocenters. The van der Waals surface area contributed by atoms with Crippen molar-refractivity contribution < 1.29 is 31.9 Å². The Balaban J connectivity index is 2.35. The van der Waals surface area contributed by atoms with Crippen LogP contribution in [0.15, 0.2) is 29.4 Å². The van der Waals surface area contributed by atoms with Gasteiger partial charge in [0.15, 0.2) is 23.3 Å². The third-order valence-electron chi connectivity index (χ3n) is 2.78. The number of halogens is 5. The van der Waals surface area contributed by atoms with Crippen LogP contribution in [0.5, 0.6) is 0 Å². The smallest absolute Gasteiger partial charge is 0.337 e. The second kappa shape index (κ2) is 6.42. The van der Waals surface area contributed by atoms with Crippen LogP contribution in [-0.2, 0) is 0 Å². The van der Waals surface area contributed by atoms with Gasteiger partial charge in [0.05, 0.1) is 23.0 Å². The fraction of sp³-hybridized carbons (Fsp3) is 0. The third-order valence-corrected chi connectivity index (χ3v) is 2.78. The number of nitrogens with one attached hydrogen (secondary N) is 1. The highest BCUT2D eigenvalue weighted by Crippen LogP contribution is 2.22. The van der Waals surface area contributed by atoms with Crippen LogP contribution in [0.25, 0.3) is 0 Å². The van der Waals surface area contributed by atoms with Crippen LogP contribution in [0, 0.1) is 29.1 Å². The SMILES string of the molecule is O=C(O)c1ccccc1N/N=C/c1c(F)c(F)c(F)c(F)c1F. The molecule has 0 radical (unpaired) electrons. The molecule has 120 valence electrons. The first-order valence-corrected chi connectivity index (χ1v) is 5.97. The number of hydrogen-bond acceptors (Lipinski definition) is 3. The maximum absolute atomic E-state index is 13.4. The Labute approximate surface area is 125 Å². The number of aromatic carboxylic acids is 1. The first-order valence-electron chi connectivity index (χ1n) is 5.97. The van der Waals surface area contributed by atoms with E-state index in [2.05, 4.69) is 10.5 Å². The van der Waals surface area contributed by atoms with E-state index >= 15 is 0 Å². The highest BCUT2D eigenvalue weighted by atomic mass is 19.2. The lowest BCUT2D eigenvalue weighted by Crippen LogP contribution is -2.07. The first kappa shape index (κ1) is 16.4. The van der Waals surface area contributed by atoms with Crippen LogP contribution in [0.1, 0.15) is 15.9 Å². The van der Waals surface area contributed by atoms with Crippen LogP contribution in [-0.4, -0.2) is 17.3 Å². The van der Waals surface area contributed by atoms with Crippen molar-refractivity contribution in [2.45, 2.75) is 0 Å². The molecule has 0 unspecified atom stereocenters. The second-order valence-electron chi connectivity index (χ2n) is 4.20. The van der Waals surface area contributed by atoms with Gasteiger partial charge in [0, 0.05) is 0 Å². The zero-order valence-electron chi connectivity index (χ0n) is 11.1. The summed E-state index contributed by atoms with van der Waals surface area (Å²) in [4.78, 5) is 10.9. The van der Waals surface area contributed by atoms with Gasteiger partial charge in [-0.2, -0.15) is 5.10 Å². The van der Waals surface area contributed by atoms with E-state index in [1.54, 1.807) is 0 Å². The normalized spacial score (nSPS) is 11.0. The van der Waals surface area contributed by atoms with E-state index in [0.717, 1.165) is 0 Å². The van der Waals surface area contributed by atoms with E-state index in [1.807, 2.05) is 0 Å². The summed E-state index contributed by atoms with van der Waals surface area (Å²) < 4.78 is 65.7. The minimum absolute atomic E-state index is 0.0277. The molecular formula is C14H7F5N2O2. The predicted molar refractivity (Wildman–Crippen MR) is 70.8 cm³/mol. The molecule has 0 saturated heterocycles. The van der Waals surface area contributed by atoms with Gasteiger partial charge in [-0.15, -0.1) is 0 Å². The second-order valence-corrected chi connectivity index (χ2v) is 4.20. The van der Waals surface area contributed by atoms with Crippen molar-refractivity contribution in [2.24, 2.45) is 5.10 Å². The number of hydrazone groups is 1. The largest absolute Gasteiger partial charge is 0.478 e. The molecule has 0 bridgehead atoms. The molecule has 0 fully saturated rings. The van der Waals surface area contributed by atoms with Gasteiger partial charge in [-0.3, -0.25) is 5.43 Å². The number of carboxylic acids is 1. The molecule has 0 aromatic heterocycles. The van der Waals surface area contributed by atoms with E-state index in [9.17, 15) is 26.7 Å². The summed E-state index contributed by atoms with van der Waals surface area (Å²) in [5, 5.41) is 12.2. The Bertz CT molecular complexity index is 779. The number of hydrogen-bond donors (Lipinski definition) is 2. The number of para-hydroxylation sites is 1. The van der Waals surface area contributed by atoms with Crippen molar-refractivity contribution in [3.8, 4) is 0 Å². The topological polar surface area (TPSA) is 61.7 Å². The van der Waals surface area contributed by atoms with Crippen LogP contribution >= 0.6 is 0 Å². The Morgan fingerprint density at radius 1 is 0.957 bits per heavy atom. The summed E-state index contributed by atoms with van der Waals surface area (Å²) >= 11 is 0. The molecule has 0 heterocycles. The zero-order chi connectivity index (χ0) is 17.1. The van der Waals surface area contributed by atoms with E-state index in [0.29, 0.717) is 6.21 Å². The van der Waals surface area contributed by atoms with Crippen LogP contribution in [0.4, 0.5) is 27.6 Å². The highest BCUT2D eigenvalue weighted by Gasteiger charge is 2.24. The average molecular weight is 330 g/mol. The summed E-state index contributed by atoms with van der Waals surface area (Å²) in [6.07, 6.45) is 0.370. The van der Waals surface area contributed by atoms with E-state index in [4.69, 9.17) is 5.11 Å². The number of nitrogens with zero attached hydrogens (tertiary/aromatic N) is 1. The minimum atomic E-state index is -2.28. The maximum atomic E-state index is 13.4. The molecule has 9 heteroatoms. The molecule has 23 heavy (non-hydrogen) atoms. The fourth-order valence-corrected chi connectivity index (χ4v) is 1.67. The maximum Gasteiger partial charge on any atom is 0.337 e. The Hall–Kier alpha value is -2.97. The zero-order valence-corrected chi connectivity index (χ0v) is 11.1. The Morgan fingerprint density at radius 3 is 2.04 bits per heavy atom. The number of carboxylic acid groups (broad SMARTS) is 1. The molecular weight excluding hydrogens is 323 g/mol. The van der Waals surface area contributed by atoms with Gasteiger partial charge < -0.3 is 5.11 Å². The van der Waals surface area contributed by atoms with Crippen LogP contribution < -0.4 is 5.43 Å². The van der Waals surface area contributed by atoms with Crippen molar-refractivity contribution in [1.82, 2.24) is 0 Å². The molecule has 0 spiro atoms. The van der Waals surface area contributed by atoms with Gasteiger partial charge in [0.2, 0.25) is 5.82 Å². The highest BCUT2D eigenvalue weighted by molar-refractivity contribution is 5.94. The van der Waals surface area contributed by atoms with Gasteiger partial charge in [-0.05, 0) is 12.1 Å². The van der Waals surface area contributed by atoms with E-state index in [1.165, 1.54) is 24.3 Å². The van der Waals surface area contributed by atoms with Gasteiger partial charge >= 0.3 is 5.97 Å². The minimum Gasteiger partial charge on any atom is -0.478 e. The third kappa shape index (κ3) is 3.12. The fourth-order valence-electron chi connectivity index (χ4n) is 1.67. The number of rotatable bonds is 4. The molecule has 4 nitrogen and oxygen atoms in total. The van der Waals surface area contributed by atoms with Gasteiger partial charge in [0.25, 0.3) is 0 Å².